The van der Waals surface area contributed by atoms with Crippen LogP contribution >= 0.6 is 0 Å². The van der Waals surface area contributed by atoms with E-state index in [9.17, 15) is 4.79 Å². The van der Waals surface area contributed by atoms with Crippen molar-refractivity contribution in [2.45, 2.75) is 56.7 Å². The molecule has 2 N–H and O–H groups in total. The van der Waals surface area contributed by atoms with Crippen LogP contribution in [0.5, 0.6) is 5.75 Å². The minimum absolute atomic E-state index is 0.0213. The molecule has 4 aromatic rings. The number of piperazine rings is 1. The summed E-state index contributed by atoms with van der Waals surface area (Å²) in [5, 5.41) is 10.8. The number of aromatic nitrogens is 2. The van der Waals surface area contributed by atoms with Gasteiger partial charge in [-0.2, -0.15) is 0 Å². The van der Waals surface area contributed by atoms with E-state index in [-0.39, 0.29) is 11.9 Å². The Labute approximate surface area is 300 Å². The maximum atomic E-state index is 12.7. The van der Waals surface area contributed by atoms with E-state index in [2.05, 4.69) is 84.3 Å². The van der Waals surface area contributed by atoms with Gasteiger partial charge in [0.05, 0.1) is 36.8 Å². The highest BCUT2D eigenvalue weighted by molar-refractivity contribution is 6.02. The molecule has 0 spiro atoms. The number of carbonyl (C=O) groups is 1. The van der Waals surface area contributed by atoms with Crippen molar-refractivity contribution in [1.82, 2.24) is 19.8 Å². The van der Waals surface area contributed by atoms with Gasteiger partial charge in [0.25, 0.3) is 0 Å². The number of rotatable bonds is 10. The Balaban J connectivity index is 0.987. The van der Waals surface area contributed by atoms with Gasteiger partial charge < -0.3 is 20.3 Å². The third-order valence-electron chi connectivity index (χ3n) is 11.2. The zero-order valence-corrected chi connectivity index (χ0v) is 29.5. The van der Waals surface area contributed by atoms with Crippen LogP contribution in [0.2, 0.25) is 0 Å². The van der Waals surface area contributed by atoms with Gasteiger partial charge in [0.15, 0.2) is 5.82 Å². The maximum absolute atomic E-state index is 12.7. The number of hydroxylamine groups is 1. The van der Waals surface area contributed by atoms with Crippen molar-refractivity contribution in [3.8, 4) is 5.75 Å². The van der Waals surface area contributed by atoms with Crippen molar-refractivity contribution in [2.75, 3.05) is 73.6 Å². The van der Waals surface area contributed by atoms with Gasteiger partial charge in [-0.15, -0.1) is 0 Å². The molecular formula is C40H48N8O3. The van der Waals surface area contributed by atoms with Crippen LogP contribution in [0.3, 0.4) is 0 Å². The fraction of sp³-hybridized carbons (Fsp3) is 0.425. The number of ether oxygens (including phenoxy) is 1. The van der Waals surface area contributed by atoms with Gasteiger partial charge >= 0.3 is 0 Å². The summed E-state index contributed by atoms with van der Waals surface area (Å²) in [6.45, 7) is 10.8. The van der Waals surface area contributed by atoms with Crippen molar-refractivity contribution in [3.05, 3.63) is 85.2 Å². The fourth-order valence-electron chi connectivity index (χ4n) is 8.16. The molecule has 0 bridgehead atoms. The fourth-order valence-corrected chi connectivity index (χ4v) is 8.16. The second kappa shape index (κ2) is 14.9. The maximum Gasteiger partial charge on any atom is 0.247 e. The highest BCUT2D eigenvalue weighted by Crippen LogP contribution is 2.41. The molecule has 3 saturated heterocycles. The minimum Gasteiger partial charge on any atom is -0.494 e. The summed E-state index contributed by atoms with van der Waals surface area (Å²) in [6.07, 6.45) is 10.0. The average Bonchev–Trinajstić information content (AvgIpc) is 3.65. The second-order valence-corrected chi connectivity index (χ2v) is 14.1. The van der Waals surface area contributed by atoms with Gasteiger partial charge in [0.2, 0.25) is 5.91 Å². The number of piperidine rings is 1. The van der Waals surface area contributed by atoms with Crippen LogP contribution < -0.4 is 25.3 Å². The van der Waals surface area contributed by atoms with Crippen LogP contribution in [-0.2, 0) is 9.63 Å². The number of hydrogen-bond acceptors (Lipinski definition) is 10. The molecule has 3 aliphatic heterocycles. The second-order valence-electron chi connectivity index (χ2n) is 14.1. The lowest BCUT2D eigenvalue weighted by Crippen LogP contribution is -2.56. The van der Waals surface area contributed by atoms with Gasteiger partial charge in [0.1, 0.15) is 17.9 Å². The van der Waals surface area contributed by atoms with E-state index in [4.69, 9.17) is 9.57 Å². The smallest absolute Gasteiger partial charge is 0.247 e. The van der Waals surface area contributed by atoms with Gasteiger partial charge in [-0.25, -0.2) is 15.0 Å². The largest absolute Gasteiger partial charge is 0.494 e. The standard InChI is InChI=1S/C40H48N8O3/c1-3-40(49)44-33-24-34(37(50-2)25-36(33)47-16-13-32(14-17-47)46-20-18-45(19-21-46)31-9-6-10-31)43-38-26-39(42-27-41-38)48-35(15-22-51-48)30-12-11-28-7-4-5-8-29(28)23-30/h3-5,7-8,11-12,23-27,31-32,35H,1,6,9-10,13-22H2,2H3,(H,44,49)(H,41,42,43)/t35-/m1/s1. The molecule has 1 aromatic heterocycles. The third-order valence-corrected chi connectivity index (χ3v) is 11.2. The summed E-state index contributed by atoms with van der Waals surface area (Å²) in [5.74, 6) is 1.63. The van der Waals surface area contributed by atoms with E-state index in [0.717, 1.165) is 57.2 Å². The Morgan fingerprint density at radius 2 is 1.61 bits per heavy atom. The average molecular weight is 689 g/mol. The summed E-state index contributed by atoms with van der Waals surface area (Å²) in [4.78, 5) is 35.7. The van der Waals surface area contributed by atoms with E-state index in [1.807, 2.05) is 23.3 Å². The molecule has 1 atom stereocenters. The number of methoxy groups -OCH3 is 1. The number of benzene rings is 3. The molecular weight excluding hydrogens is 640 g/mol. The SMILES string of the molecule is C=CC(=O)Nc1cc(Nc2cc(N3OCC[C@@H]3c3ccc4ccccc4c3)ncn2)c(OC)cc1N1CCC(N2CCN(C3CCC3)CC2)CC1. The molecule has 51 heavy (non-hydrogen) atoms. The number of hydrogen-bond donors (Lipinski definition) is 2. The molecule has 3 aromatic carbocycles. The topological polar surface area (TPSA) is 98.3 Å². The Bertz CT molecular complexity index is 1870. The predicted octanol–water partition coefficient (Wildman–Crippen LogP) is 6.53. The molecule has 0 radical (unpaired) electrons. The summed E-state index contributed by atoms with van der Waals surface area (Å²) < 4.78 is 5.92. The lowest BCUT2D eigenvalue weighted by Gasteiger charge is -2.46. The molecule has 1 amide bonds. The molecule has 4 aliphatic rings. The highest BCUT2D eigenvalue weighted by Gasteiger charge is 2.33. The van der Waals surface area contributed by atoms with Crippen molar-refractivity contribution in [3.63, 3.8) is 0 Å². The number of carbonyl (C=O) groups excluding carboxylic acids is 1. The zero-order valence-electron chi connectivity index (χ0n) is 29.5. The Morgan fingerprint density at radius 1 is 0.863 bits per heavy atom. The lowest BCUT2D eigenvalue weighted by molar-refractivity contribution is -0.111. The van der Waals surface area contributed by atoms with E-state index < -0.39 is 0 Å². The monoisotopic (exact) mass is 688 g/mol. The number of nitrogens with one attached hydrogen (secondary N) is 2. The lowest BCUT2D eigenvalue weighted by atomic mass is 9.91. The molecule has 1 saturated carbocycles. The molecule has 11 nitrogen and oxygen atoms in total. The first-order valence-corrected chi connectivity index (χ1v) is 18.4. The summed E-state index contributed by atoms with van der Waals surface area (Å²) in [6, 6.07) is 22.2. The first-order valence-electron chi connectivity index (χ1n) is 18.4. The number of fused-ring (bicyclic) bond motifs is 1. The van der Waals surface area contributed by atoms with Crippen molar-refractivity contribution < 1.29 is 14.4 Å². The van der Waals surface area contributed by atoms with Crippen LogP contribution in [0.4, 0.5) is 28.7 Å². The predicted molar refractivity (Wildman–Crippen MR) is 203 cm³/mol. The Kier molecular flexibility index (Phi) is 9.75. The molecule has 8 rings (SSSR count). The molecule has 1 aliphatic carbocycles. The van der Waals surface area contributed by atoms with Crippen LogP contribution in [0, 0.1) is 0 Å². The summed E-state index contributed by atoms with van der Waals surface area (Å²) >= 11 is 0. The van der Waals surface area contributed by atoms with Crippen LogP contribution in [0.15, 0.2) is 79.6 Å². The van der Waals surface area contributed by atoms with Crippen molar-refractivity contribution in [1.29, 1.82) is 0 Å². The minimum atomic E-state index is -0.262. The Morgan fingerprint density at radius 3 is 2.31 bits per heavy atom. The van der Waals surface area contributed by atoms with Crippen LogP contribution in [0.25, 0.3) is 10.8 Å². The normalized spacial score (nSPS) is 20.7. The quantitative estimate of drug-likeness (QED) is 0.179. The Hall–Kier alpha value is -4.71. The van der Waals surface area contributed by atoms with Gasteiger partial charge in [-0.1, -0.05) is 49.4 Å². The number of anilines is 5. The highest BCUT2D eigenvalue weighted by atomic mass is 16.7. The van der Waals surface area contributed by atoms with E-state index in [1.54, 1.807) is 7.11 Å². The van der Waals surface area contributed by atoms with Gasteiger partial charge in [0, 0.05) is 69.9 Å². The number of nitrogens with zero attached hydrogens (tertiary/aromatic N) is 6. The molecule has 4 fully saturated rings. The van der Waals surface area contributed by atoms with Crippen LogP contribution in [0.1, 0.15) is 50.1 Å². The van der Waals surface area contributed by atoms with Crippen molar-refractivity contribution in [2.24, 2.45) is 0 Å². The van der Waals surface area contributed by atoms with E-state index in [0.29, 0.717) is 41.4 Å². The molecule has 0 unspecified atom stereocenters. The summed E-state index contributed by atoms with van der Waals surface area (Å²) in [5.41, 5.74) is 3.49. The number of amides is 1. The van der Waals surface area contributed by atoms with Gasteiger partial charge in [-0.05, 0) is 60.2 Å². The van der Waals surface area contributed by atoms with Crippen LogP contribution in [-0.4, -0.2) is 90.7 Å². The first kappa shape index (κ1) is 33.4. The third kappa shape index (κ3) is 7.11. The van der Waals surface area contributed by atoms with Crippen molar-refractivity contribution >= 4 is 45.4 Å². The van der Waals surface area contributed by atoms with E-state index in [1.165, 1.54) is 61.1 Å². The van der Waals surface area contributed by atoms with E-state index >= 15 is 0 Å². The van der Waals surface area contributed by atoms with Gasteiger partial charge in [-0.3, -0.25) is 19.4 Å². The summed E-state index contributed by atoms with van der Waals surface area (Å²) in [7, 11) is 1.67. The first-order chi connectivity index (χ1) is 25.1. The molecule has 266 valence electrons. The zero-order chi connectivity index (χ0) is 34.7. The molecule has 11 heteroatoms. The molecule has 4 heterocycles.